The minimum atomic E-state index is 0.733. The largest absolute Gasteiger partial charge is 0.317 e. The number of rotatable bonds is 5. The molecule has 0 aliphatic carbocycles. The summed E-state index contributed by atoms with van der Waals surface area (Å²) >= 11 is 3.73. The molecule has 1 fully saturated rings. The Balaban J connectivity index is 0.000000921. The Bertz CT molecular complexity index is 128. The molecule has 92 valence electrons. The lowest BCUT2D eigenvalue weighted by Gasteiger charge is -2.34. The molecule has 0 saturated carbocycles. The van der Waals surface area contributed by atoms with Crippen LogP contribution in [0.3, 0.4) is 0 Å². The molecule has 15 heavy (non-hydrogen) atoms. The summed E-state index contributed by atoms with van der Waals surface area (Å²) in [7, 11) is 0. The van der Waals surface area contributed by atoms with Crippen LogP contribution in [0, 0.1) is 0 Å². The van der Waals surface area contributed by atoms with Crippen LogP contribution < -0.4 is 0 Å². The van der Waals surface area contributed by atoms with Crippen molar-refractivity contribution < 1.29 is 4.18 Å². The van der Waals surface area contributed by atoms with Gasteiger partial charge >= 0.3 is 0 Å². The van der Waals surface area contributed by atoms with Gasteiger partial charge in [0.1, 0.15) is 0 Å². The number of thiol groups is 1. The Morgan fingerprint density at radius 2 is 1.47 bits per heavy atom. The topological polar surface area (TPSA) is 15.7 Å². The number of hydrogen-bond donors (Lipinski definition) is 1. The smallest absolute Gasteiger partial charge is 0.0737 e. The highest BCUT2D eigenvalue weighted by Crippen LogP contribution is 2.01. The number of nitrogens with zero attached hydrogens (tertiary/aromatic N) is 2. The third-order valence-corrected chi connectivity index (χ3v) is 2.69. The predicted octanol–water partition coefficient (Wildman–Crippen LogP) is 1.90. The molecule has 0 spiro atoms. The van der Waals surface area contributed by atoms with Crippen molar-refractivity contribution in [3.8, 4) is 0 Å². The Labute approximate surface area is 100 Å². The molecule has 0 unspecified atom stereocenters. The van der Waals surface area contributed by atoms with Crippen LogP contribution in [-0.4, -0.2) is 55.7 Å². The van der Waals surface area contributed by atoms with Gasteiger partial charge in [0.2, 0.25) is 0 Å². The average Bonchev–Trinajstić information content (AvgIpc) is 2.31. The van der Waals surface area contributed by atoms with Gasteiger partial charge in [-0.3, -0.25) is 4.90 Å². The molecule has 0 bridgehead atoms. The maximum atomic E-state index is 4.76. The Kier molecular flexibility index (Phi) is 10.9. The summed E-state index contributed by atoms with van der Waals surface area (Å²) in [5.41, 5.74) is 0. The molecule has 1 aliphatic rings. The average molecular weight is 234 g/mol. The van der Waals surface area contributed by atoms with E-state index in [4.69, 9.17) is 4.18 Å². The molecule has 1 rings (SSSR count). The molecule has 0 radical (unpaired) electrons. The van der Waals surface area contributed by atoms with E-state index >= 15 is 0 Å². The van der Waals surface area contributed by atoms with E-state index in [1.165, 1.54) is 39.1 Å². The maximum absolute atomic E-state index is 4.76. The lowest BCUT2D eigenvalue weighted by atomic mass is 10.3. The van der Waals surface area contributed by atoms with Crippen molar-refractivity contribution in [3.63, 3.8) is 0 Å². The fraction of sp³-hybridized carbons (Fsp3) is 1.00. The molecule has 1 aliphatic heterocycles. The predicted molar refractivity (Wildman–Crippen MR) is 69.5 cm³/mol. The van der Waals surface area contributed by atoms with E-state index < -0.39 is 0 Å². The highest BCUT2D eigenvalue weighted by molar-refractivity contribution is 7.75. The van der Waals surface area contributed by atoms with Crippen LogP contribution in [0.1, 0.15) is 27.2 Å². The Morgan fingerprint density at radius 3 is 1.87 bits per heavy atom. The Morgan fingerprint density at radius 1 is 1.00 bits per heavy atom. The fourth-order valence-corrected chi connectivity index (χ4v) is 1.80. The quantitative estimate of drug-likeness (QED) is 0.578. The number of hydrogen-bond acceptors (Lipinski definition) is 4. The van der Waals surface area contributed by atoms with Gasteiger partial charge in [0.25, 0.3) is 0 Å². The van der Waals surface area contributed by atoms with E-state index in [2.05, 4.69) is 29.6 Å². The minimum absolute atomic E-state index is 0.733. The van der Waals surface area contributed by atoms with E-state index in [0.717, 1.165) is 13.2 Å². The summed E-state index contributed by atoms with van der Waals surface area (Å²) in [5, 5.41) is 0. The summed E-state index contributed by atoms with van der Waals surface area (Å²) in [6.07, 6.45) is 1.26. The molecule has 3 nitrogen and oxygen atoms in total. The Hall–Kier alpha value is 0.230. The molecule has 1 heterocycles. The molecule has 1 saturated heterocycles. The van der Waals surface area contributed by atoms with Crippen molar-refractivity contribution in [2.45, 2.75) is 27.2 Å². The summed E-state index contributed by atoms with van der Waals surface area (Å²) in [4.78, 5) is 4.96. The van der Waals surface area contributed by atoms with E-state index in [9.17, 15) is 0 Å². The van der Waals surface area contributed by atoms with Crippen LogP contribution in [-0.2, 0) is 4.18 Å². The first-order chi connectivity index (χ1) is 7.36. The van der Waals surface area contributed by atoms with E-state index in [0.29, 0.717) is 0 Å². The second-order valence-electron chi connectivity index (χ2n) is 3.52. The molecular formula is C11H26N2OS. The normalized spacial score (nSPS) is 18.4. The summed E-state index contributed by atoms with van der Waals surface area (Å²) < 4.78 is 4.76. The summed E-state index contributed by atoms with van der Waals surface area (Å²) in [6, 6.07) is 0. The van der Waals surface area contributed by atoms with Gasteiger partial charge < -0.3 is 9.08 Å². The van der Waals surface area contributed by atoms with E-state index in [1.54, 1.807) is 0 Å². The zero-order valence-electron chi connectivity index (χ0n) is 10.4. The molecule has 0 amide bonds. The van der Waals surface area contributed by atoms with Gasteiger partial charge in [0.05, 0.1) is 6.61 Å². The lowest BCUT2D eigenvalue weighted by Crippen LogP contribution is -2.47. The lowest BCUT2D eigenvalue weighted by molar-refractivity contribution is 0.121. The second kappa shape index (κ2) is 10.7. The van der Waals surface area contributed by atoms with Crippen LogP contribution in [0.15, 0.2) is 0 Å². The van der Waals surface area contributed by atoms with Gasteiger partial charge in [0.15, 0.2) is 0 Å². The molecule has 0 aromatic rings. The molecule has 0 aromatic heterocycles. The zero-order valence-corrected chi connectivity index (χ0v) is 11.3. The first-order valence-electron chi connectivity index (χ1n) is 6.08. The molecule has 4 heteroatoms. The fourth-order valence-electron chi connectivity index (χ4n) is 1.72. The highest BCUT2D eigenvalue weighted by atomic mass is 32.1. The van der Waals surface area contributed by atoms with Crippen LogP contribution >= 0.6 is 12.9 Å². The maximum Gasteiger partial charge on any atom is 0.0737 e. The van der Waals surface area contributed by atoms with Gasteiger partial charge in [-0.25, -0.2) is 0 Å². The monoisotopic (exact) mass is 234 g/mol. The summed E-state index contributed by atoms with van der Waals surface area (Å²) in [5.74, 6) is 0. The van der Waals surface area contributed by atoms with E-state index in [1.807, 2.05) is 13.8 Å². The third kappa shape index (κ3) is 7.17. The SMILES string of the molecule is CC.CCCN1CCN(CCOS)CC1. The van der Waals surface area contributed by atoms with Gasteiger partial charge in [-0.05, 0) is 25.9 Å². The third-order valence-electron chi connectivity index (χ3n) is 2.50. The first-order valence-corrected chi connectivity index (χ1v) is 6.44. The highest BCUT2D eigenvalue weighted by Gasteiger charge is 2.14. The van der Waals surface area contributed by atoms with Gasteiger partial charge in [-0.15, -0.1) is 0 Å². The van der Waals surface area contributed by atoms with Crippen molar-refractivity contribution in [1.82, 2.24) is 9.80 Å². The molecular weight excluding hydrogens is 208 g/mol. The van der Waals surface area contributed by atoms with Gasteiger partial charge in [-0.1, -0.05) is 20.8 Å². The summed E-state index contributed by atoms with van der Waals surface area (Å²) in [6.45, 7) is 14.0. The van der Waals surface area contributed by atoms with Crippen LogP contribution in [0.4, 0.5) is 0 Å². The van der Waals surface area contributed by atoms with Crippen LogP contribution in [0.2, 0.25) is 0 Å². The molecule has 0 N–H and O–H groups in total. The first kappa shape index (κ1) is 15.2. The van der Waals surface area contributed by atoms with Crippen LogP contribution in [0.25, 0.3) is 0 Å². The van der Waals surface area contributed by atoms with Crippen molar-refractivity contribution in [1.29, 1.82) is 0 Å². The van der Waals surface area contributed by atoms with Crippen LogP contribution in [0.5, 0.6) is 0 Å². The minimum Gasteiger partial charge on any atom is -0.317 e. The van der Waals surface area contributed by atoms with E-state index in [-0.39, 0.29) is 0 Å². The van der Waals surface area contributed by atoms with Gasteiger partial charge in [-0.2, -0.15) is 0 Å². The second-order valence-corrected chi connectivity index (χ2v) is 3.77. The molecule has 0 aromatic carbocycles. The standard InChI is InChI=1S/C9H20N2OS.C2H6/c1-2-3-10-4-6-11(7-5-10)8-9-12-13;1-2/h13H,2-9H2,1H3;1-2H3. The number of piperazine rings is 1. The molecule has 0 atom stereocenters. The van der Waals surface area contributed by atoms with Crippen molar-refractivity contribution >= 4 is 12.9 Å². The van der Waals surface area contributed by atoms with Crippen molar-refractivity contribution in [2.75, 3.05) is 45.9 Å². The van der Waals surface area contributed by atoms with Crippen molar-refractivity contribution in [3.05, 3.63) is 0 Å². The van der Waals surface area contributed by atoms with Gasteiger partial charge in [0, 0.05) is 32.7 Å². The van der Waals surface area contributed by atoms with Crippen molar-refractivity contribution in [2.24, 2.45) is 0 Å². The zero-order chi connectivity index (χ0) is 11.5.